The molecule has 0 amide bonds. The van der Waals surface area contributed by atoms with Crippen LogP contribution in [0.5, 0.6) is 0 Å². The molecule has 0 unspecified atom stereocenters. The second-order valence-electron chi connectivity index (χ2n) is 2.38. The highest BCUT2D eigenvalue weighted by atomic mass is 16.6. The number of aliphatic hydroxyl groups is 1. The maximum atomic E-state index is 10.1. The molecule has 0 aromatic rings. The van der Waals surface area contributed by atoms with Gasteiger partial charge in [-0.15, -0.1) is 0 Å². The van der Waals surface area contributed by atoms with Gasteiger partial charge in [-0.3, -0.25) is 10.1 Å². The lowest BCUT2D eigenvalue weighted by atomic mass is 10.1. The van der Waals surface area contributed by atoms with Crippen LogP contribution in [0.2, 0.25) is 0 Å². The number of nitro groups is 1. The summed E-state index contributed by atoms with van der Waals surface area (Å²) in [6.45, 7) is 3.30. The van der Waals surface area contributed by atoms with Gasteiger partial charge in [-0.1, -0.05) is 13.3 Å². The first-order valence-corrected chi connectivity index (χ1v) is 3.41. The molecule has 60 valence electrons. The second kappa shape index (κ2) is 4.22. The molecular formula is C6H13NO3. The molecule has 0 aliphatic heterocycles. The summed E-state index contributed by atoms with van der Waals surface area (Å²) in [7, 11) is 0. The van der Waals surface area contributed by atoms with Crippen LogP contribution in [0.25, 0.3) is 0 Å². The molecule has 0 bridgehead atoms. The predicted octanol–water partition coefficient (Wildman–Crippen LogP) is 0.813. The van der Waals surface area contributed by atoms with Crippen molar-refractivity contribution < 1.29 is 10.0 Å². The SMILES string of the molecule is CCC[C@H](O)[C@H](C)[N+](=O)[O-]. The topological polar surface area (TPSA) is 63.4 Å². The zero-order valence-electron chi connectivity index (χ0n) is 6.28. The van der Waals surface area contributed by atoms with Crippen LogP contribution >= 0.6 is 0 Å². The Kier molecular flexibility index (Phi) is 3.95. The summed E-state index contributed by atoms with van der Waals surface area (Å²) in [4.78, 5) is 9.60. The molecule has 0 heterocycles. The van der Waals surface area contributed by atoms with Gasteiger partial charge in [-0.05, 0) is 6.42 Å². The molecule has 0 radical (unpaired) electrons. The number of nitrogens with zero attached hydrogens (tertiary/aromatic N) is 1. The molecule has 10 heavy (non-hydrogen) atoms. The lowest BCUT2D eigenvalue weighted by Gasteiger charge is -2.09. The summed E-state index contributed by atoms with van der Waals surface area (Å²) in [6, 6.07) is -0.833. The Balaban J connectivity index is 3.69. The fourth-order valence-corrected chi connectivity index (χ4v) is 0.677. The van der Waals surface area contributed by atoms with Gasteiger partial charge >= 0.3 is 0 Å². The smallest absolute Gasteiger partial charge is 0.235 e. The first-order valence-electron chi connectivity index (χ1n) is 3.41. The highest BCUT2D eigenvalue weighted by molar-refractivity contribution is 4.61. The largest absolute Gasteiger partial charge is 0.386 e. The van der Waals surface area contributed by atoms with E-state index in [0.717, 1.165) is 6.42 Å². The summed E-state index contributed by atoms with van der Waals surface area (Å²) in [6.07, 6.45) is 0.488. The fourth-order valence-electron chi connectivity index (χ4n) is 0.677. The van der Waals surface area contributed by atoms with Crippen molar-refractivity contribution in [3.63, 3.8) is 0 Å². The highest BCUT2D eigenvalue weighted by Crippen LogP contribution is 2.03. The molecule has 0 spiro atoms. The van der Waals surface area contributed by atoms with Gasteiger partial charge in [0.15, 0.2) is 0 Å². The Morgan fingerprint density at radius 3 is 2.50 bits per heavy atom. The van der Waals surface area contributed by atoms with Crippen molar-refractivity contribution in [3.8, 4) is 0 Å². The summed E-state index contributed by atoms with van der Waals surface area (Å²) in [5, 5.41) is 19.1. The predicted molar refractivity (Wildman–Crippen MR) is 37.4 cm³/mol. The minimum Gasteiger partial charge on any atom is -0.386 e. The Morgan fingerprint density at radius 1 is 1.70 bits per heavy atom. The molecule has 0 aromatic carbocycles. The van der Waals surface area contributed by atoms with E-state index >= 15 is 0 Å². The highest BCUT2D eigenvalue weighted by Gasteiger charge is 2.22. The van der Waals surface area contributed by atoms with Gasteiger partial charge < -0.3 is 5.11 Å². The molecule has 0 rings (SSSR count). The average molecular weight is 147 g/mol. The van der Waals surface area contributed by atoms with Gasteiger partial charge in [0.25, 0.3) is 0 Å². The number of hydrogen-bond donors (Lipinski definition) is 1. The Labute approximate surface area is 60.0 Å². The van der Waals surface area contributed by atoms with Crippen molar-refractivity contribution in [2.75, 3.05) is 0 Å². The fraction of sp³-hybridized carbons (Fsp3) is 1.00. The van der Waals surface area contributed by atoms with Crippen molar-refractivity contribution >= 4 is 0 Å². The maximum absolute atomic E-state index is 10.1. The molecule has 0 aromatic heterocycles. The van der Waals surface area contributed by atoms with E-state index < -0.39 is 17.1 Å². The van der Waals surface area contributed by atoms with Crippen LogP contribution in [-0.2, 0) is 0 Å². The number of aliphatic hydroxyl groups excluding tert-OH is 1. The van der Waals surface area contributed by atoms with Crippen LogP contribution in [-0.4, -0.2) is 22.2 Å². The number of rotatable bonds is 4. The third-order valence-electron chi connectivity index (χ3n) is 1.47. The molecule has 4 nitrogen and oxygen atoms in total. The van der Waals surface area contributed by atoms with Gasteiger partial charge in [0.1, 0.15) is 6.10 Å². The van der Waals surface area contributed by atoms with E-state index in [4.69, 9.17) is 5.11 Å². The van der Waals surface area contributed by atoms with Crippen molar-refractivity contribution in [1.29, 1.82) is 0 Å². The average Bonchev–Trinajstić information content (AvgIpc) is 1.87. The standard InChI is InChI=1S/C6H13NO3/c1-3-4-6(8)5(2)7(9)10/h5-6,8H,3-4H2,1-2H3/t5-,6-/m0/s1. The zero-order valence-corrected chi connectivity index (χ0v) is 6.28. The van der Waals surface area contributed by atoms with Crippen LogP contribution in [0.15, 0.2) is 0 Å². The van der Waals surface area contributed by atoms with Gasteiger partial charge in [0.2, 0.25) is 6.04 Å². The van der Waals surface area contributed by atoms with Crippen LogP contribution in [0, 0.1) is 10.1 Å². The van der Waals surface area contributed by atoms with Gasteiger partial charge in [-0.2, -0.15) is 0 Å². The van der Waals surface area contributed by atoms with Crippen molar-refractivity contribution in [1.82, 2.24) is 0 Å². The maximum Gasteiger partial charge on any atom is 0.235 e. The summed E-state index contributed by atoms with van der Waals surface area (Å²) in [5.74, 6) is 0. The van der Waals surface area contributed by atoms with Gasteiger partial charge in [0, 0.05) is 11.8 Å². The molecule has 2 atom stereocenters. The van der Waals surface area contributed by atoms with Crippen LogP contribution in [0.4, 0.5) is 0 Å². The van der Waals surface area contributed by atoms with Crippen molar-refractivity contribution in [3.05, 3.63) is 10.1 Å². The summed E-state index contributed by atoms with van der Waals surface area (Å²) < 4.78 is 0. The normalized spacial score (nSPS) is 16.3. The van der Waals surface area contributed by atoms with E-state index in [1.165, 1.54) is 6.92 Å². The third-order valence-corrected chi connectivity index (χ3v) is 1.47. The molecule has 0 fully saturated rings. The second-order valence-corrected chi connectivity index (χ2v) is 2.38. The van der Waals surface area contributed by atoms with E-state index in [-0.39, 0.29) is 0 Å². The number of hydrogen-bond acceptors (Lipinski definition) is 3. The minimum atomic E-state index is -0.833. The first kappa shape index (κ1) is 9.36. The first-order chi connectivity index (χ1) is 4.59. The molecule has 0 aliphatic carbocycles. The summed E-state index contributed by atoms with van der Waals surface area (Å²) in [5.41, 5.74) is 0. The quantitative estimate of drug-likeness (QED) is 0.472. The zero-order chi connectivity index (χ0) is 8.15. The third kappa shape index (κ3) is 2.77. The monoisotopic (exact) mass is 147 g/mol. The summed E-state index contributed by atoms with van der Waals surface area (Å²) >= 11 is 0. The van der Waals surface area contributed by atoms with Crippen LogP contribution in [0.3, 0.4) is 0 Å². The van der Waals surface area contributed by atoms with Crippen LogP contribution < -0.4 is 0 Å². The van der Waals surface area contributed by atoms with Gasteiger partial charge in [0.05, 0.1) is 0 Å². The lowest BCUT2D eigenvalue weighted by molar-refractivity contribution is -0.530. The van der Waals surface area contributed by atoms with Crippen LogP contribution in [0.1, 0.15) is 26.7 Å². The van der Waals surface area contributed by atoms with E-state index in [0.29, 0.717) is 6.42 Å². The molecule has 0 saturated carbocycles. The van der Waals surface area contributed by atoms with E-state index in [9.17, 15) is 10.1 Å². The Morgan fingerprint density at radius 2 is 2.20 bits per heavy atom. The Hall–Kier alpha value is -0.640. The molecular weight excluding hydrogens is 134 g/mol. The van der Waals surface area contributed by atoms with E-state index in [1.807, 2.05) is 6.92 Å². The van der Waals surface area contributed by atoms with Crippen molar-refractivity contribution in [2.45, 2.75) is 38.8 Å². The minimum absolute atomic E-state index is 0.458. The molecule has 4 heteroatoms. The molecule has 1 N–H and O–H groups in total. The Bertz CT molecular complexity index is 116. The van der Waals surface area contributed by atoms with Crippen molar-refractivity contribution in [2.24, 2.45) is 0 Å². The van der Waals surface area contributed by atoms with E-state index in [2.05, 4.69) is 0 Å². The molecule has 0 aliphatic rings. The molecule has 0 saturated heterocycles. The van der Waals surface area contributed by atoms with Gasteiger partial charge in [-0.25, -0.2) is 0 Å². The lowest BCUT2D eigenvalue weighted by Crippen LogP contribution is -2.30. The van der Waals surface area contributed by atoms with E-state index in [1.54, 1.807) is 0 Å².